The highest BCUT2D eigenvalue weighted by atomic mass is 32.2. The zero-order chi connectivity index (χ0) is 23.4. The minimum Gasteiger partial charge on any atom is -0.327 e. The van der Waals surface area contributed by atoms with Crippen LogP contribution in [0.3, 0.4) is 0 Å². The monoisotopic (exact) mass is 463 g/mol. The van der Waals surface area contributed by atoms with Gasteiger partial charge in [-0.15, -0.1) is 6.58 Å². The van der Waals surface area contributed by atoms with Gasteiger partial charge in [0.2, 0.25) is 0 Å². The Balaban J connectivity index is 0. The summed E-state index contributed by atoms with van der Waals surface area (Å²) in [7, 11) is -7.41. The quantitative estimate of drug-likeness (QED) is 0.304. The molecule has 0 saturated carbocycles. The summed E-state index contributed by atoms with van der Waals surface area (Å²) in [6.45, 7) is 4.87. The van der Waals surface area contributed by atoms with Gasteiger partial charge in [0.05, 0.1) is 0 Å². The van der Waals surface area contributed by atoms with Crippen molar-refractivity contribution in [3.63, 3.8) is 0 Å². The molecule has 0 aromatic carbocycles. The lowest BCUT2D eigenvalue weighted by molar-refractivity contribution is -0.397. The highest BCUT2D eigenvalue weighted by Crippen LogP contribution is 2.59. The smallest absolute Gasteiger partial charge is 0.327 e. The van der Waals surface area contributed by atoms with E-state index in [0.29, 0.717) is 6.54 Å². The van der Waals surface area contributed by atoms with Crippen molar-refractivity contribution >= 4 is 10.1 Å². The fourth-order valence-corrected chi connectivity index (χ4v) is 1.83. The summed E-state index contributed by atoms with van der Waals surface area (Å²) in [5, 5.41) is -7.26. The minimum atomic E-state index is -7.75. The summed E-state index contributed by atoms with van der Waals surface area (Å²) in [5.41, 5.74) is 4.91. The van der Waals surface area contributed by atoms with Gasteiger partial charge in [-0.2, -0.15) is 52.3 Å². The molecule has 0 aliphatic rings. The van der Waals surface area contributed by atoms with Crippen molar-refractivity contribution in [2.75, 3.05) is 6.54 Å². The van der Waals surface area contributed by atoms with Crippen molar-refractivity contribution in [3.05, 3.63) is 12.7 Å². The van der Waals surface area contributed by atoms with Crippen LogP contribution in [0.1, 0.15) is 19.8 Å². The van der Waals surface area contributed by atoms with Gasteiger partial charge in [0.15, 0.2) is 6.17 Å². The van der Waals surface area contributed by atoms with Crippen LogP contribution in [-0.2, 0) is 10.1 Å². The number of halogens is 11. The highest BCUT2D eigenvalue weighted by molar-refractivity contribution is 7.87. The predicted octanol–water partition coefficient (Wildman–Crippen LogP) is 4.28. The fraction of sp³-hybridized carbons (Fsp3) is 0.833. The maximum absolute atomic E-state index is 13.1. The van der Waals surface area contributed by atoms with Gasteiger partial charge in [0, 0.05) is 6.54 Å². The Kier molecular flexibility index (Phi) is 9.45. The average molecular weight is 463 g/mol. The minimum absolute atomic E-state index is 0.583. The van der Waals surface area contributed by atoms with Crippen LogP contribution in [-0.4, -0.2) is 54.6 Å². The lowest BCUT2D eigenvalue weighted by atomic mass is 9.94. The molecule has 0 aromatic heterocycles. The Labute approximate surface area is 152 Å². The van der Waals surface area contributed by atoms with Gasteiger partial charge in [-0.3, -0.25) is 4.55 Å². The van der Waals surface area contributed by atoms with Crippen molar-refractivity contribution in [2.24, 2.45) is 5.73 Å². The first-order chi connectivity index (χ1) is 12.1. The molecule has 0 aromatic rings. The van der Waals surface area contributed by atoms with E-state index in [1.165, 1.54) is 0 Å². The van der Waals surface area contributed by atoms with Gasteiger partial charge in [-0.1, -0.05) is 19.4 Å². The molecule has 0 amide bonds. The van der Waals surface area contributed by atoms with Gasteiger partial charge in [-0.25, -0.2) is 4.39 Å². The molecule has 0 aliphatic heterocycles. The van der Waals surface area contributed by atoms with Gasteiger partial charge >= 0.3 is 39.1 Å². The predicted molar refractivity (Wildman–Crippen MR) is 75.3 cm³/mol. The zero-order valence-electron chi connectivity index (χ0n) is 13.9. The van der Waals surface area contributed by atoms with Crippen LogP contribution < -0.4 is 5.73 Å². The Hall–Kier alpha value is -1.16. The first-order valence-electron chi connectivity index (χ1n) is 6.96. The van der Waals surface area contributed by atoms with Crippen LogP contribution in [0.4, 0.5) is 48.3 Å². The first kappa shape index (κ1) is 29.0. The van der Waals surface area contributed by atoms with Crippen LogP contribution >= 0.6 is 0 Å². The molecule has 0 spiro atoms. The molecule has 1 unspecified atom stereocenters. The summed E-state index contributed by atoms with van der Waals surface area (Å²) >= 11 is 0. The third-order valence-electron chi connectivity index (χ3n) is 3.00. The Bertz CT molecular complexity index is 622. The molecule has 0 rings (SSSR count). The molecule has 0 heterocycles. The van der Waals surface area contributed by atoms with Gasteiger partial charge in [0.25, 0.3) is 0 Å². The van der Waals surface area contributed by atoms with E-state index in [9.17, 15) is 56.7 Å². The van der Waals surface area contributed by atoms with E-state index in [1.54, 1.807) is 6.08 Å². The number of nitrogens with two attached hydrogens (primary N) is 1. The van der Waals surface area contributed by atoms with Crippen LogP contribution in [0.15, 0.2) is 12.7 Å². The van der Waals surface area contributed by atoms with Crippen molar-refractivity contribution in [1.82, 2.24) is 0 Å². The molecular weight excluding hydrogens is 447 g/mol. The molecule has 28 heavy (non-hydrogen) atoms. The SMILES string of the molecule is C=CCN.CCCC(F)C(F)(F)C(F)(F)C(F)(F)C(F)(F)C(F)(F)S(=O)(=O)O. The standard InChI is InChI=1S/C9H9F11O3S.C3H7N/c1-2-3-4(10)5(11,12)6(13,14)7(15,16)8(17,18)9(19,20)24(21,22)23;1-2-3-4/h4H,2-3H2,1H3,(H,21,22,23);2H,1,3-4H2. The van der Waals surface area contributed by atoms with Crippen LogP contribution in [0.2, 0.25) is 0 Å². The van der Waals surface area contributed by atoms with E-state index >= 15 is 0 Å². The van der Waals surface area contributed by atoms with Crippen LogP contribution in [0.25, 0.3) is 0 Å². The van der Waals surface area contributed by atoms with Crippen LogP contribution in [0, 0.1) is 0 Å². The molecule has 0 aliphatic carbocycles. The number of rotatable bonds is 9. The van der Waals surface area contributed by atoms with Gasteiger partial charge in [-0.05, 0) is 6.42 Å². The summed E-state index contributed by atoms with van der Waals surface area (Å²) in [6.07, 6.45) is -4.62. The molecule has 0 saturated heterocycles. The maximum Gasteiger partial charge on any atom is 0.438 e. The maximum atomic E-state index is 13.1. The molecule has 170 valence electrons. The van der Waals surface area contributed by atoms with Crippen molar-refractivity contribution in [1.29, 1.82) is 0 Å². The second kappa shape index (κ2) is 9.11. The molecule has 0 radical (unpaired) electrons. The topological polar surface area (TPSA) is 80.4 Å². The molecular formula is C12H16F11NO3S. The lowest BCUT2D eigenvalue weighted by Crippen LogP contribution is -2.70. The van der Waals surface area contributed by atoms with E-state index in [4.69, 9.17) is 10.3 Å². The van der Waals surface area contributed by atoms with Gasteiger partial charge < -0.3 is 5.73 Å². The van der Waals surface area contributed by atoms with E-state index in [0.717, 1.165) is 6.92 Å². The Morgan fingerprint density at radius 2 is 1.32 bits per heavy atom. The third-order valence-corrected chi connectivity index (χ3v) is 3.90. The zero-order valence-corrected chi connectivity index (χ0v) is 14.7. The van der Waals surface area contributed by atoms with E-state index < -0.39 is 58.1 Å². The molecule has 4 nitrogen and oxygen atoms in total. The summed E-state index contributed by atoms with van der Waals surface area (Å²) in [5.74, 6) is -29.4. The average Bonchev–Trinajstić information content (AvgIpc) is 2.53. The van der Waals surface area contributed by atoms with Crippen LogP contribution in [0.5, 0.6) is 0 Å². The second-order valence-corrected chi connectivity index (χ2v) is 6.58. The largest absolute Gasteiger partial charge is 0.438 e. The summed E-state index contributed by atoms with van der Waals surface area (Å²) in [4.78, 5) is 0. The van der Waals surface area contributed by atoms with E-state index in [2.05, 4.69) is 6.58 Å². The van der Waals surface area contributed by atoms with E-state index in [1.807, 2.05) is 0 Å². The third kappa shape index (κ3) is 4.87. The normalized spacial score (nSPS) is 15.5. The summed E-state index contributed by atoms with van der Waals surface area (Å²) < 4.78 is 171. The highest BCUT2D eigenvalue weighted by Gasteiger charge is 2.89. The van der Waals surface area contributed by atoms with Crippen molar-refractivity contribution < 1.29 is 61.3 Å². The van der Waals surface area contributed by atoms with Crippen molar-refractivity contribution in [3.8, 4) is 0 Å². The number of alkyl halides is 11. The first-order valence-corrected chi connectivity index (χ1v) is 8.40. The number of hydrogen-bond donors (Lipinski definition) is 2. The Morgan fingerprint density at radius 1 is 0.964 bits per heavy atom. The van der Waals surface area contributed by atoms with Gasteiger partial charge in [0.1, 0.15) is 0 Å². The molecule has 0 fully saturated rings. The lowest BCUT2D eigenvalue weighted by Gasteiger charge is -2.39. The fourth-order valence-electron chi connectivity index (χ4n) is 1.38. The van der Waals surface area contributed by atoms with Crippen molar-refractivity contribution in [2.45, 2.75) is 54.9 Å². The Morgan fingerprint density at radius 3 is 1.57 bits per heavy atom. The summed E-state index contributed by atoms with van der Waals surface area (Å²) in [6, 6.07) is 0. The molecule has 3 N–H and O–H groups in total. The molecule has 0 bridgehead atoms. The molecule has 16 heteroatoms. The number of hydrogen-bond acceptors (Lipinski definition) is 3. The van der Waals surface area contributed by atoms with E-state index in [-0.39, 0.29) is 0 Å². The molecule has 1 atom stereocenters. The second-order valence-electron chi connectivity index (χ2n) is 5.12.